The standard InChI is InChI=1S/C11H22N2O/c1-13(2)11(14)10(12)8-9-6-4-3-5-7-9/h9-10H,3-8,12H2,1-2H3/t10-/m1/s1. The van der Waals surface area contributed by atoms with Crippen molar-refractivity contribution in [3.05, 3.63) is 0 Å². The Bertz CT molecular complexity index is 186. The summed E-state index contributed by atoms with van der Waals surface area (Å²) >= 11 is 0. The number of amides is 1. The number of carbonyl (C=O) groups is 1. The lowest BCUT2D eigenvalue weighted by Crippen LogP contribution is -2.41. The van der Waals surface area contributed by atoms with Crippen molar-refractivity contribution in [3.63, 3.8) is 0 Å². The first kappa shape index (κ1) is 11.5. The Morgan fingerprint density at radius 1 is 1.36 bits per heavy atom. The van der Waals surface area contributed by atoms with E-state index in [4.69, 9.17) is 5.73 Å². The zero-order valence-corrected chi connectivity index (χ0v) is 9.33. The zero-order valence-electron chi connectivity index (χ0n) is 9.33. The number of hydrogen-bond donors (Lipinski definition) is 1. The van der Waals surface area contributed by atoms with E-state index in [0.717, 1.165) is 6.42 Å². The number of rotatable bonds is 3. The topological polar surface area (TPSA) is 46.3 Å². The summed E-state index contributed by atoms with van der Waals surface area (Å²) in [6.07, 6.45) is 7.37. The zero-order chi connectivity index (χ0) is 10.6. The molecule has 0 radical (unpaired) electrons. The van der Waals surface area contributed by atoms with Gasteiger partial charge in [-0.15, -0.1) is 0 Å². The van der Waals surface area contributed by atoms with Gasteiger partial charge >= 0.3 is 0 Å². The molecule has 1 amide bonds. The number of nitrogens with two attached hydrogens (primary N) is 1. The lowest BCUT2D eigenvalue weighted by molar-refractivity contribution is -0.130. The third-order valence-electron chi connectivity index (χ3n) is 3.07. The Morgan fingerprint density at radius 3 is 2.43 bits per heavy atom. The second kappa shape index (κ2) is 5.35. The molecule has 2 N–H and O–H groups in total. The van der Waals surface area contributed by atoms with Crippen LogP contribution in [0.25, 0.3) is 0 Å². The van der Waals surface area contributed by atoms with Crippen molar-refractivity contribution in [1.29, 1.82) is 0 Å². The Morgan fingerprint density at radius 2 is 1.93 bits per heavy atom. The Labute approximate surface area is 86.6 Å². The van der Waals surface area contributed by atoms with Crippen LogP contribution in [0.5, 0.6) is 0 Å². The van der Waals surface area contributed by atoms with Gasteiger partial charge < -0.3 is 10.6 Å². The van der Waals surface area contributed by atoms with Gasteiger partial charge in [0.15, 0.2) is 0 Å². The van der Waals surface area contributed by atoms with E-state index >= 15 is 0 Å². The number of nitrogens with zero attached hydrogens (tertiary/aromatic N) is 1. The molecule has 14 heavy (non-hydrogen) atoms. The van der Waals surface area contributed by atoms with Gasteiger partial charge in [0.05, 0.1) is 6.04 Å². The third kappa shape index (κ3) is 3.29. The van der Waals surface area contributed by atoms with Crippen LogP contribution in [0.2, 0.25) is 0 Å². The molecule has 0 aromatic carbocycles. The number of hydrogen-bond acceptors (Lipinski definition) is 2. The molecule has 0 unspecified atom stereocenters. The van der Waals surface area contributed by atoms with Gasteiger partial charge in [0.25, 0.3) is 0 Å². The molecular weight excluding hydrogens is 176 g/mol. The van der Waals surface area contributed by atoms with Crippen molar-refractivity contribution in [3.8, 4) is 0 Å². The quantitative estimate of drug-likeness (QED) is 0.744. The fraction of sp³-hybridized carbons (Fsp3) is 0.909. The maximum Gasteiger partial charge on any atom is 0.238 e. The molecule has 0 bridgehead atoms. The van der Waals surface area contributed by atoms with E-state index in [1.807, 2.05) is 0 Å². The van der Waals surface area contributed by atoms with Gasteiger partial charge in [-0.05, 0) is 12.3 Å². The highest BCUT2D eigenvalue weighted by atomic mass is 16.2. The highest BCUT2D eigenvalue weighted by Crippen LogP contribution is 2.27. The van der Waals surface area contributed by atoms with Crippen molar-refractivity contribution in [1.82, 2.24) is 4.90 Å². The molecule has 3 nitrogen and oxygen atoms in total. The van der Waals surface area contributed by atoms with Crippen LogP contribution in [0.1, 0.15) is 38.5 Å². The summed E-state index contributed by atoms with van der Waals surface area (Å²) in [4.78, 5) is 13.1. The normalized spacial score (nSPS) is 20.5. The van der Waals surface area contributed by atoms with E-state index < -0.39 is 0 Å². The predicted octanol–water partition coefficient (Wildman–Crippen LogP) is 1.37. The Hall–Kier alpha value is -0.570. The lowest BCUT2D eigenvalue weighted by Gasteiger charge is -2.25. The lowest BCUT2D eigenvalue weighted by atomic mass is 9.85. The van der Waals surface area contributed by atoms with E-state index in [1.165, 1.54) is 32.1 Å². The predicted molar refractivity (Wildman–Crippen MR) is 57.9 cm³/mol. The van der Waals surface area contributed by atoms with Crippen LogP contribution in [0.15, 0.2) is 0 Å². The molecule has 1 atom stereocenters. The molecule has 1 saturated carbocycles. The highest BCUT2D eigenvalue weighted by molar-refractivity contribution is 5.81. The first-order chi connectivity index (χ1) is 6.61. The van der Waals surface area contributed by atoms with Gasteiger partial charge in [0, 0.05) is 14.1 Å². The summed E-state index contributed by atoms with van der Waals surface area (Å²) in [6, 6.07) is -0.284. The Balaban J connectivity index is 2.31. The van der Waals surface area contributed by atoms with Crippen LogP contribution in [0.4, 0.5) is 0 Å². The molecule has 0 spiro atoms. The molecule has 0 aromatic heterocycles. The van der Waals surface area contributed by atoms with Crippen LogP contribution >= 0.6 is 0 Å². The minimum Gasteiger partial charge on any atom is -0.347 e. The van der Waals surface area contributed by atoms with Crippen LogP contribution in [0, 0.1) is 5.92 Å². The molecule has 0 saturated heterocycles. The molecule has 0 aromatic rings. The van der Waals surface area contributed by atoms with Crippen molar-refractivity contribution in [2.75, 3.05) is 14.1 Å². The summed E-state index contributed by atoms with van der Waals surface area (Å²) in [5.74, 6) is 0.748. The minimum absolute atomic E-state index is 0.0653. The van der Waals surface area contributed by atoms with Gasteiger partial charge in [-0.3, -0.25) is 4.79 Å². The SMILES string of the molecule is CN(C)C(=O)[C@H](N)CC1CCCCC1. The van der Waals surface area contributed by atoms with Gasteiger partial charge in [-0.2, -0.15) is 0 Å². The average Bonchev–Trinajstić information content (AvgIpc) is 2.18. The molecular formula is C11H22N2O. The van der Waals surface area contributed by atoms with Gasteiger partial charge in [0.1, 0.15) is 0 Å². The smallest absolute Gasteiger partial charge is 0.238 e. The first-order valence-electron chi connectivity index (χ1n) is 5.58. The van der Waals surface area contributed by atoms with Crippen molar-refractivity contribution < 1.29 is 4.79 Å². The molecule has 82 valence electrons. The van der Waals surface area contributed by atoms with Crippen LogP contribution in [-0.4, -0.2) is 30.9 Å². The van der Waals surface area contributed by atoms with E-state index in [2.05, 4.69) is 0 Å². The molecule has 1 aliphatic carbocycles. The maximum atomic E-state index is 11.5. The minimum atomic E-state index is -0.284. The van der Waals surface area contributed by atoms with Crippen LogP contribution in [0.3, 0.4) is 0 Å². The van der Waals surface area contributed by atoms with Gasteiger partial charge in [-0.1, -0.05) is 32.1 Å². The van der Waals surface area contributed by atoms with Crippen LogP contribution < -0.4 is 5.73 Å². The fourth-order valence-corrected chi connectivity index (χ4v) is 2.21. The number of likely N-dealkylation sites (N-methyl/N-ethyl adjacent to an activating group) is 1. The van der Waals surface area contributed by atoms with E-state index in [1.54, 1.807) is 19.0 Å². The Kier molecular flexibility index (Phi) is 4.39. The van der Waals surface area contributed by atoms with Crippen molar-refractivity contribution >= 4 is 5.91 Å². The monoisotopic (exact) mass is 198 g/mol. The molecule has 1 aliphatic rings. The largest absolute Gasteiger partial charge is 0.347 e. The summed E-state index contributed by atoms with van der Waals surface area (Å²) in [6.45, 7) is 0. The summed E-state index contributed by atoms with van der Waals surface area (Å²) in [5.41, 5.74) is 5.86. The molecule has 1 fully saturated rings. The van der Waals surface area contributed by atoms with E-state index in [-0.39, 0.29) is 11.9 Å². The summed E-state index contributed by atoms with van der Waals surface area (Å²) < 4.78 is 0. The molecule has 0 aliphatic heterocycles. The second-order valence-electron chi connectivity index (χ2n) is 4.58. The van der Waals surface area contributed by atoms with E-state index in [0.29, 0.717) is 5.92 Å². The highest BCUT2D eigenvalue weighted by Gasteiger charge is 2.21. The average molecular weight is 198 g/mol. The second-order valence-corrected chi connectivity index (χ2v) is 4.58. The van der Waals surface area contributed by atoms with Crippen molar-refractivity contribution in [2.24, 2.45) is 11.7 Å². The summed E-state index contributed by atoms with van der Waals surface area (Å²) in [5, 5.41) is 0. The van der Waals surface area contributed by atoms with Crippen molar-refractivity contribution in [2.45, 2.75) is 44.6 Å². The maximum absolute atomic E-state index is 11.5. The number of carbonyl (C=O) groups excluding carboxylic acids is 1. The fourth-order valence-electron chi connectivity index (χ4n) is 2.21. The molecule has 0 heterocycles. The van der Waals surface area contributed by atoms with Gasteiger partial charge in [0.2, 0.25) is 5.91 Å². The van der Waals surface area contributed by atoms with Crippen LogP contribution in [-0.2, 0) is 4.79 Å². The third-order valence-corrected chi connectivity index (χ3v) is 3.07. The summed E-state index contributed by atoms with van der Waals surface area (Å²) in [7, 11) is 3.53. The molecule has 1 rings (SSSR count). The van der Waals surface area contributed by atoms with Gasteiger partial charge in [-0.25, -0.2) is 0 Å². The van der Waals surface area contributed by atoms with E-state index in [9.17, 15) is 4.79 Å². The molecule has 3 heteroatoms. The first-order valence-corrected chi connectivity index (χ1v) is 5.58.